The predicted molar refractivity (Wildman–Crippen MR) is 80.4 cm³/mol. The molecule has 0 fully saturated rings. The van der Waals surface area contributed by atoms with Crippen LogP contribution in [0.2, 0.25) is 5.02 Å². The van der Waals surface area contributed by atoms with E-state index in [-0.39, 0.29) is 4.90 Å². The number of nitrogens with one attached hydrogen (secondary N) is 1. The van der Waals surface area contributed by atoms with Crippen molar-refractivity contribution in [2.45, 2.75) is 11.8 Å². The highest BCUT2D eigenvalue weighted by Crippen LogP contribution is 2.16. The fourth-order valence-electron chi connectivity index (χ4n) is 1.60. The molecule has 0 unspecified atom stereocenters. The Morgan fingerprint density at radius 3 is 2.30 bits per heavy atom. The first-order valence-corrected chi connectivity index (χ1v) is 7.73. The normalized spacial score (nSPS) is 12.2. The molecule has 0 aliphatic carbocycles. The van der Waals surface area contributed by atoms with Crippen molar-refractivity contribution in [1.29, 1.82) is 0 Å². The van der Waals surface area contributed by atoms with Gasteiger partial charge in [-0.2, -0.15) is 18.4 Å². The van der Waals surface area contributed by atoms with Gasteiger partial charge in [-0.15, -0.1) is 0 Å². The van der Waals surface area contributed by atoms with Crippen LogP contribution in [-0.2, 0) is 10.0 Å². The monoisotopic (exact) mass is 308 g/mol. The summed E-state index contributed by atoms with van der Waals surface area (Å²) < 4.78 is 24.0. The van der Waals surface area contributed by atoms with Gasteiger partial charge in [0.25, 0.3) is 10.0 Å². The molecule has 2 aromatic carbocycles. The molecular weight excluding hydrogens is 296 g/mol. The quantitative estimate of drug-likeness (QED) is 0.697. The van der Waals surface area contributed by atoms with Crippen molar-refractivity contribution in [2.24, 2.45) is 5.10 Å². The van der Waals surface area contributed by atoms with Gasteiger partial charge in [0, 0.05) is 10.6 Å². The van der Waals surface area contributed by atoms with Crippen LogP contribution in [0.4, 0.5) is 0 Å². The van der Waals surface area contributed by atoms with Gasteiger partial charge in [-0.25, -0.2) is 0 Å². The SMILES string of the molecule is CC(=NNS(=O)(=O)c1ccccc1)c1ccccc1Cl. The van der Waals surface area contributed by atoms with E-state index < -0.39 is 10.0 Å². The molecule has 4 nitrogen and oxygen atoms in total. The van der Waals surface area contributed by atoms with E-state index in [0.29, 0.717) is 16.3 Å². The first-order chi connectivity index (χ1) is 9.50. The van der Waals surface area contributed by atoms with Crippen LogP contribution in [0.5, 0.6) is 0 Å². The van der Waals surface area contributed by atoms with Crippen molar-refractivity contribution in [1.82, 2.24) is 4.83 Å². The van der Waals surface area contributed by atoms with Gasteiger partial charge in [-0.05, 0) is 25.1 Å². The highest BCUT2D eigenvalue weighted by Gasteiger charge is 2.12. The van der Waals surface area contributed by atoms with E-state index in [4.69, 9.17) is 11.6 Å². The summed E-state index contributed by atoms with van der Waals surface area (Å²) in [6, 6.07) is 15.2. The summed E-state index contributed by atoms with van der Waals surface area (Å²) in [5, 5.41) is 4.42. The summed E-state index contributed by atoms with van der Waals surface area (Å²) in [6.45, 7) is 1.69. The molecule has 104 valence electrons. The van der Waals surface area contributed by atoms with Gasteiger partial charge in [0.15, 0.2) is 0 Å². The van der Waals surface area contributed by atoms with Crippen molar-refractivity contribution in [3.05, 3.63) is 65.2 Å². The fraction of sp³-hybridized carbons (Fsp3) is 0.0714. The van der Waals surface area contributed by atoms with Gasteiger partial charge in [-0.1, -0.05) is 48.0 Å². The zero-order valence-electron chi connectivity index (χ0n) is 10.7. The second-order valence-electron chi connectivity index (χ2n) is 4.08. The van der Waals surface area contributed by atoms with Crippen molar-refractivity contribution in [2.75, 3.05) is 0 Å². The van der Waals surface area contributed by atoms with Crippen LogP contribution >= 0.6 is 11.6 Å². The summed E-state index contributed by atoms with van der Waals surface area (Å²) in [4.78, 5) is 2.36. The van der Waals surface area contributed by atoms with Gasteiger partial charge < -0.3 is 0 Å². The maximum absolute atomic E-state index is 12.0. The molecule has 1 N–H and O–H groups in total. The molecule has 0 amide bonds. The van der Waals surface area contributed by atoms with Crippen LogP contribution in [0.25, 0.3) is 0 Å². The lowest BCUT2D eigenvalue weighted by molar-refractivity contribution is 0.584. The van der Waals surface area contributed by atoms with E-state index in [1.54, 1.807) is 43.3 Å². The topological polar surface area (TPSA) is 58.5 Å². The summed E-state index contributed by atoms with van der Waals surface area (Å²) >= 11 is 6.03. The zero-order valence-corrected chi connectivity index (χ0v) is 12.3. The Kier molecular flexibility index (Phi) is 4.42. The average Bonchev–Trinajstić information content (AvgIpc) is 2.46. The van der Waals surface area contributed by atoms with Gasteiger partial charge in [0.2, 0.25) is 0 Å². The minimum atomic E-state index is -3.66. The van der Waals surface area contributed by atoms with Gasteiger partial charge in [0.05, 0.1) is 10.6 Å². The van der Waals surface area contributed by atoms with Crippen molar-refractivity contribution in [3.8, 4) is 0 Å². The largest absolute Gasteiger partial charge is 0.276 e. The Bertz CT molecular complexity index is 728. The number of nitrogens with zero attached hydrogens (tertiary/aromatic N) is 1. The van der Waals surface area contributed by atoms with E-state index in [1.165, 1.54) is 12.1 Å². The number of rotatable bonds is 4. The maximum Gasteiger partial charge on any atom is 0.276 e. The molecular formula is C14H13ClN2O2S. The highest BCUT2D eigenvalue weighted by atomic mass is 35.5. The van der Waals surface area contributed by atoms with Crippen LogP contribution in [0.1, 0.15) is 12.5 Å². The predicted octanol–water partition coefficient (Wildman–Crippen LogP) is 3.04. The molecule has 0 bridgehead atoms. The van der Waals surface area contributed by atoms with Gasteiger partial charge >= 0.3 is 0 Å². The number of benzene rings is 2. The second-order valence-corrected chi connectivity index (χ2v) is 6.15. The highest BCUT2D eigenvalue weighted by molar-refractivity contribution is 7.89. The smallest absolute Gasteiger partial charge is 0.200 e. The molecule has 0 atom stereocenters. The summed E-state index contributed by atoms with van der Waals surface area (Å²) in [5.41, 5.74) is 1.18. The van der Waals surface area contributed by atoms with Gasteiger partial charge in [0.1, 0.15) is 0 Å². The maximum atomic E-state index is 12.0. The molecule has 0 spiro atoms. The number of halogens is 1. The zero-order chi connectivity index (χ0) is 14.6. The van der Waals surface area contributed by atoms with E-state index in [1.807, 2.05) is 6.07 Å². The molecule has 0 heterocycles. The molecule has 0 aromatic heterocycles. The van der Waals surface area contributed by atoms with Crippen LogP contribution in [0.15, 0.2) is 64.6 Å². The third kappa shape index (κ3) is 3.37. The fourth-order valence-corrected chi connectivity index (χ4v) is 2.75. The Morgan fingerprint density at radius 2 is 1.65 bits per heavy atom. The number of sulfonamides is 1. The second kappa shape index (κ2) is 6.07. The van der Waals surface area contributed by atoms with E-state index >= 15 is 0 Å². The van der Waals surface area contributed by atoms with Crippen molar-refractivity contribution < 1.29 is 8.42 Å². The van der Waals surface area contributed by atoms with Gasteiger partial charge in [-0.3, -0.25) is 0 Å². The van der Waals surface area contributed by atoms with Crippen molar-refractivity contribution >= 4 is 27.3 Å². The Balaban J connectivity index is 2.23. The van der Waals surface area contributed by atoms with Crippen LogP contribution in [-0.4, -0.2) is 14.1 Å². The molecule has 2 rings (SSSR count). The lowest BCUT2D eigenvalue weighted by Crippen LogP contribution is -2.19. The molecule has 0 aliphatic rings. The average molecular weight is 309 g/mol. The Morgan fingerprint density at radius 1 is 1.05 bits per heavy atom. The number of hydrogen-bond donors (Lipinski definition) is 1. The number of hydrazone groups is 1. The molecule has 20 heavy (non-hydrogen) atoms. The third-order valence-electron chi connectivity index (χ3n) is 2.65. The minimum Gasteiger partial charge on any atom is -0.200 e. The molecule has 0 saturated carbocycles. The Labute approximate surface area is 123 Å². The summed E-state index contributed by atoms with van der Waals surface area (Å²) in [5.74, 6) is 0. The Hall–Kier alpha value is -1.85. The number of hydrogen-bond acceptors (Lipinski definition) is 3. The van der Waals surface area contributed by atoms with Crippen LogP contribution in [0, 0.1) is 0 Å². The van der Waals surface area contributed by atoms with E-state index in [0.717, 1.165) is 0 Å². The summed E-state index contributed by atoms with van der Waals surface area (Å²) in [6.07, 6.45) is 0. The van der Waals surface area contributed by atoms with Crippen LogP contribution in [0.3, 0.4) is 0 Å². The van der Waals surface area contributed by atoms with E-state index in [2.05, 4.69) is 9.93 Å². The molecule has 0 saturated heterocycles. The lowest BCUT2D eigenvalue weighted by Gasteiger charge is -2.06. The first kappa shape index (κ1) is 14.6. The van der Waals surface area contributed by atoms with E-state index in [9.17, 15) is 8.42 Å². The first-order valence-electron chi connectivity index (χ1n) is 5.87. The van der Waals surface area contributed by atoms with Crippen molar-refractivity contribution in [3.63, 3.8) is 0 Å². The molecule has 0 radical (unpaired) electrons. The summed E-state index contributed by atoms with van der Waals surface area (Å²) in [7, 11) is -3.66. The third-order valence-corrected chi connectivity index (χ3v) is 4.20. The molecule has 2 aromatic rings. The molecule has 0 aliphatic heterocycles. The molecule has 6 heteroatoms. The lowest BCUT2D eigenvalue weighted by atomic mass is 10.1. The minimum absolute atomic E-state index is 0.163. The standard InChI is InChI=1S/C14H13ClN2O2S/c1-11(13-9-5-6-10-14(13)15)16-17-20(18,19)12-7-3-2-4-8-12/h2-10,17H,1H3. The van der Waals surface area contributed by atoms with Crippen LogP contribution < -0.4 is 4.83 Å².